The molecule has 164 valence electrons. The highest BCUT2D eigenvalue weighted by Gasteiger charge is 2.14. The fraction of sp³-hybridized carbons (Fsp3) is 0.286. The van der Waals surface area contributed by atoms with Gasteiger partial charge in [-0.1, -0.05) is 41.0 Å². The number of hydrogen-bond acceptors (Lipinski definition) is 5. The molecule has 0 aliphatic heterocycles. The number of anilines is 1. The van der Waals surface area contributed by atoms with Crippen molar-refractivity contribution in [3.8, 4) is 0 Å². The van der Waals surface area contributed by atoms with Gasteiger partial charge in [0.05, 0.1) is 11.5 Å². The molecular weight excluding hydrogens is 586 g/mol. The SMILES string of the molecule is Cc1cc(I)cc(C)c1NC(=O)CSc1nnc(CSCc2ccc(Cl)cc2Cl)n1C. The Labute approximate surface area is 214 Å². The van der Waals surface area contributed by atoms with Crippen molar-refractivity contribution in [1.29, 1.82) is 0 Å². The molecule has 10 heteroatoms. The van der Waals surface area contributed by atoms with E-state index in [-0.39, 0.29) is 11.7 Å². The standard InChI is InChI=1S/C21H21Cl2IN4OS2/c1-12-6-16(24)7-13(2)20(12)25-19(29)11-31-21-27-26-18(28(21)3)10-30-9-14-4-5-15(22)8-17(14)23/h4-8H,9-11H2,1-3H3,(H,25,29). The number of amides is 1. The van der Waals surface area contributed by atoms with Crippen molar-refractivity contribution in [3.05, 3.63) is 66.5 Å². The number of aryl methyl sites for hydroxylation is 2. The lowest BCUT2D eigenvalue weighted by Crippen LogP contribution is -2.16. The average molecular weight is 607 g/mol. The average Bonchev–Trinajstić information content (AvgIpc) is 3.04. The van der Waals surface area contributed by atoms with Gasteiger partial charge in [0, 0.05) is 32.1 Å². The van der Waals surface area contributed by atoms with Gasteiger partial charge in [-0.2, -0.15) is 0 Å². The summed E-state index contributed by atoms with van der Waals surface area (Å²) in [6.07, 6.45) is 0. The van der Waals surface area contributed by atoms with E-state index in [1.54, 1.807) is 17.8 Å². The highest BCUT2D eigenvalue weighted by atomic mass is 127. The predicted molar refractivity (Wildman–Crippen MR) is 140 cm³/mol. The molecule has 1 amide bonds. The van der Waals surface area contributed by atoms with Crippen molar-refractivity contribution in [2.45, 2.75) is 30.5 Å². The minimum atomic E-state index is -0.0614. The van der Waals surface area contributed by atoms with Gasteiger partial charge in [0.2, 0.25) is 5.91 Å². The summed E-state index contributed by atoms with van der Waals surface area (Å²) in [5.74, 6) is 2.50. The molecule has 0 atom stereocenters. The summed E-state index contributed by atoms with van der Waals surface area (Å²) >= 11 is 17.5. The Hall–Kier alpha value is -0.940. The molecular formula is C21H21Cl2IN4OS2. The van der Waals surface area contributed by atoms with E-state index in [0.29, 0.717) is 21.0 Å². The Balaban J connectivity index is 1.52. The third-order valence-electron chi connectivity index (χ3n) is 4.52. The van der Waals surface area contributed by atoms with Gasteiger partial charge in [0.1, 0.15) is 5.82 Å². The Kier molecular flexibility index (Phi) is 8.98. The van der Waals surface area contributed by atoms with Crippen LogP contribution in [0.1, 0.15) is 22.5 Å². The van der Waals surface area contributed by atoms with Crippen LogP contribution in [-0.4, -0.2) is 26.4 Å². The number of hydrogen-bond donors (Lipinski definition) is 1. The van der Waals surface area contributed by atoms with Crippen molar-refractivity contribution in [2.24, 2.45) is 7.05 Å². The normalized spacial score (nSPS) is 11.0. The summed E-state index contributed by atoms with van der Waals surface area (Å²) in [5, 5.41) is 13.5. The maximum absolute atomic E-state index is 12.5. The third kappa shape index (κ3) is 6.77. The molecule has 0 saturated carbocycles. The Morgan fingerprint density at radius 1 is 1.13 bits per heavy atom. The van der Waals surface area contributed by atoms with Crippen LogP contribution in [0.4, 0.5) is 5.69 Å². The van der Waals surface area contributed by atoms with Gasteiger partial charge in [-0.25, -0.2) is 0 Å². The van der Waals surface area contributed by atoms with Crippen LogP contribution < -0.4 is 5.32 Å². The van der Waals surface area contributed by atoms with E-state index in [4.69, 9.17) is 23.2 Å². The molecule has 0 saturated heterocycles. The summed E-state index contributed by atoms with van der Waals surface area (Å²) in [7, 11) is 1.92. The topological polar surface area (TPSA) is 59.8 Å². The third-order valence-corrected chi connectivity index (χ3v) is 7.73. The zero-order chi connectivity index (χ0) is 22.5. The van der Waals surface area contributed by atoms with Crippen LogP contribution in [0, 0.1) is 17.4 Å². The maximum atomic E-state index is 12.5. The number of carbonyl (C=O) groups is 1. The maximum Gasteiger partial charge on any atom is 0.234 e. The van der Waals surface area contributed by atoms with Gasteiger partial charge >= 0.3 is 0 Å². The van der Waals surface area contributed by atoms with Crippen molar-refractivity contribution in [1.82, 2.24) is 14.8 Å². The summed E-state index contributed by atoms with van der Waals surface area (Å²) in [6.45, 7) is 4.00. The number of nitrogens with one attached hydrogen (secondary N) is 1. The number of benzene rings is 2. The molecule has 0 unspecified atom stereocenters. The van der Waals surface area contributed by atoms with Crippen LogP contribution >= 0.6 is 69.3 Å². The van der Waals surface area contributed by atoms with Gasteiger partial charge in [-0.05, 0) is 77.4 Å². The van der Waals surface area contributed by atoms with Crippen LogP contribution in [0.5, 0.6) is 0 Å². The monoisotopic (exact) mass is 606 g/mol. The van der Waals surface area contributed by atoms with Crippen molar-refractivity contribution in [2.75, 3.05) is 11.1 Å². The fourth-order valence-electron chi connectivity index (χ4n) is 2.90. The fourth-order valence-corrected chi connectivity index (χ4v) is 6.13. The summed E-state index contributed by atoms with van der Waals surface area (Å²) in [6, 6.07) is 9.64. The Morgan fingerprint density at radius 3 is 2.52 bits per heavy atom. The molecule has 5 nitrogen and oxygen atoms in total. The Morgan fingerprint density at radius 2 is 1.84 bits per heavy atom. The number of nitrogens with zero attached hydrogens (tertiary/aromatic N) is 3. The first kappa shape index (κ1) is 24.7. The first-order chi connectivity index (χ1) is 14.7. The molecule has 1 heterocycles. The largest absolute Gasteiger partial charge is 0.325 e. The van der Waals surface area contributed by atoms with Crippen LogP contribution in [0.15, 0.2) is 35.5 Å². The number of carbonyl (C=O) groups excluding carboxylic acids is 1. The predicted octanol–water partition coefficient (Wildman–Crippen LogP) is 6.51. The molecule has 3 rings (SSSR count). The van der Waals surface area contributed by atoms with E-state index in [1.165, 1.54) is 11.8 Å². The number of thioether (sulfide) groups is 2. The van der Waals surface area contributed by atoms with Gasteiger partial charge in [0.25, 0.3) is 0 Å². The van der Waals surface area contributed by atoms with Crippen molar-refractivity contribution < 1.29 is 4.79 Å². The second kappa shape index (κ2) is 11.3. The van der Waals surface area contributed by atoms with E-state index in [1.807, 2.05) is 37.6 Å². The first-order valence-electron chi connectivity index (χ1n) is 9.34. The van der Waals surface area contributed by atoms with Crippen LogP contribution in [0.3, 0.4) is 0 Å². The lowest BCUT2D eigenvalue weighted by molar-refractivity contribution is -0.113. The molecule has 1 N–H and O–H groups in total. The Bertz CT molecular complexity index is 1080. The van der Waals surface area contributed by atoms with Gasteiger partial charge in [0.15, 0.2) is 5.16 Å². The van der Waals surface area contributed by atoms with Gasteiger partial charge in [-0.3, -0.25) is 4.79 Å². The van der Waals surface area contributed by atoms with Crippen molar-refractivity contribution in [3.63, 3.8) is 0 Å². The molecule has 31 heavy (non-hydrogen) atoms. The van der Waals surface area contributed by atoms with Crippen LogP contribution in [-0.2, 0) is 23.3 Å². The van der Waals surface area contributed by atoms with E-state index in [9.17, 15) is 4.79 Å². The molecule has 0 bridgehead atoms. The zero-order valence-corrected chi connectivity index (χ0v) is 22.5. The quantitative estimate of drug-likeness (QED) is 0.234. The minimum absolute atomic E-state index is 0.0614. The second-order valence-electron chi connectivity index (χ2n) is 6.94. The van der Waals surface area contributed by atoms with E-state index in [0.717, 1.165) is 37.5 Å². The summed E-state index contributed by atoms with van der Waals surface area (Å²) in [5.41, 5.74) is 4.02. The molecule has 2 aromatic carbocycles. The molecule has 1 aromatic heterocycles. The molecule has 3 aromatic rings. The zero-order valence-electron chi connectivity index (χ0n) is 17.2. The molecule has 0 aliphatic carbocycles. The van der Waals surface area contributed by atoms with Crippen LogP contribution in [0.2, 0.25) is 10.0 Å². The van der Waals surface area contributed by atoms with Crippen molar-refractivity contribution >= 4 is 80.9 Å². The lowest BCUT2D eigenvalue weighted by Gasteiger charge is -2.12. The van der Waals surface area contributed by atoms with E-state index in [2.05, 4.69) is 50.2 Å². The van der Waals surface area contributed by atoms with Crippen LogP contribution in [0.25, 0.3) is 0 Å². The smallest absolute Gasteiger partial charge is 0.234 e. The summed E-state index contributed by atoms with van der Waals surface area (Å²) in [4.78, 5) is 12.5. The number of halogens is 3. The highest BCUT2D eigenvalue weighted by Crippen LogP contribution is 2.27. The molecule has 0 spiro atoms. The summed E-state index contributed by atoms with van der Waals surface area (Å²) < 4.78 is 3.08. The first-order valence-corrected chi connectivity index (χ1v) is 13.3. The van der Waals surface area contributed by atoms with E-state index < -0.39 is 0 Å². The number of rotatable bonds is 8. The lowest BCUT2D eigenvalue weighted by atomic mass is 10.1. The molecule has 0 fully saturated rings. The second-order valence-corrected chi connectivity index (χ2v) is 11.0. The van der Waals surface area contributed by atoms with E-state index >= 15 is 0 Å². The number of aromatic nitrogens is 3. The molecule has 0 aliphatic rings. The highest BCUT2D eigenvalue weighted by molar-refractivity contribution is 14.1. The molecule has 0 radical (unpaired) electrons. The van der Waals surface area contributed by atoms with Gasteiger partial charge < -0.3 is 9.88 Å². The van der Waals surface area contributed by atoms with Gasteiger partial charge in [-0.15, -0.1) is 22.0 Å². The minimum Gasteiger partial charge on any atom is -0.325 e.